The molecule has 1 fully saturated rings. The van der Waals surface area contributed by atoms with Gasteiger partial charge in [-0.15, -0.1) is 11.3 Å². The van der Waals surface area contributed by atoms with Crippen LogP contribution in [0.5, 0.6) is 0 Å². The predicted molar refractivity (Wildman–Crippen MR) is 110 cm³/mol. The topological polar surface area (TPSA) is 59.4 Å². The first kappa shape index (κ1) is 17.8. The summed E-state index contributed by atoms with van der Waals surface area (Å²) in [5.74, 6) is 0.177. The summed E-state index contributed by atoms with van der Waals surface area (Å²) in [6.45, 7) is 1.46. The van der Waals surface area contributed by atoms with E-state index in [1.165, 1.54) is 11.3 Å². The molecule has 7 heteroatoms. The van der Waals surface area contributed by atoms with Crippen LogP contribution in [-0.4, -0.2) is 30.4 Å². The van der Waals surface area contributed by atoms with Crippen LogP contribution in [0.2, 0.25) is 0 Å². The largest absolute Gasteiger partial charge is 0.311 e. The van der Waals surface area contributed by atoms with Crippen LogP contribution in [0.25, 0.3) is 11.1 Å². The Bertz CT molecular complexity index is 1170. The van der Waals surface area contributed by atoms with E-state index < -0.39 is 10.0 Å². The van der Waals surface area contributed by atoms with Gasteiger partial charge in [-0.1, -0.05) is 36.4 Å². The maximum atomic E-state index is 13.1. The molecule has 0 spiro atoms. The van der Waals surface area contributed by atoms with E-state index in [1.807, 2.05) is 41.0 Å². The highest BCUT2D eigenvalue weighted by molar-refractivity contribution is 7.91. The molecule has 2 atom stereocenters. The second kappa shape index (κ2) is 6.69. The van der Waals surface area contributed by atoms with Crippen LogP contribution in [0.15, 0.2) is 69.0 Å². The van der Waals surface area contributed by atoms with E-state index in [4.69, 9.17) is 0 Å². The molecule has 0 N–H and O–H groups in total. The van der Waals surface area contributed by atoms with Crippen molar-refractivity contribution in [1.29, 1.82) is 0 Å². The summed E-state index contributed by atoms with van der Waals surface area (Å²) in [4.78, 5) is 12.6. The molecule has 2 aromatic heterocycles. The van der Waals surface area contributed by atoms with Crippen molar-refractivity contribution in [2.24, 2.45) is 5.92 Å². The van der Waals surface area contributed by atoms with Gasteiger partial charge in [0.15, 0.2) is 0 Å². The van der Waals surface area contributed by atoms with Crippen molar-refractivity contribution in [3.63, 3.8) is 0 Å². The Balaban J connectivity index is 1.60. The predicted octanol–water partition coefficient (Wildman–Crippen LogP) is 3.38. The number of pyridine rings is 1. The number of thiophene rings is 1. The lowest BCUT2D eigenvalue weighted by Crippen LogP contribution is -2.49. The standard InChI is InChI=1S/C21H20N2O3S2/c24-19-9-8-18(16-5-2-1-3-6-16)21-17-11-15(13-23(19)21)12-22(14-17)28(25,26)20-7-4-10-27-20/h1-10,15,17H,11-14H2. The molecular formula is C21H20N2O3S2. The van der Waals surface area contributed by atoms with Gasteiger partial charge in [-0.25, -0.2) is 8.42 Å². The molecule has 5 nitrogen and oxygen atoms in total. The van der Waals surface area contributed by atoms with Crippen LogP contribution in [0.3, 0.4) is 0 Å². The summed E-state index contributed by atoms with van der Waals surface area (Å²) >= 11 is 1.25. The first-order chi connectivity index (χ1) is 13.5. The minimum absolute atomic E-state index is 0.000977. The number of rotatable bonds is 3. The Labute approximate surface area is 167 Å². The Morgan fingerprint density at radius 3 is 2.50 bits per heavy atom. The molecule has 0 radical (unpaired) electrons. The van der Waals surface area contributed by atoms with Crippen molar-refractivity contribution >= 4 is 21.4 Å². The van der Waals surface area contributed by atoms with Gasteiger partial charge >= 0.3 is 0 Å². The van der Waals surface area contributed by atoms with E-state index in [9.17, 15) is 13.2 Å². The number of fused-ring (bicyclic) bond motifs is 4. The highest BCUT2D eigenvalue weighted by Gasteiger charge is 2.40. The van der Waals surface area contributed by atoms with Crippen LogP contribution < -0.4 is 5.56 Å². The summed E-state index contributed by atoms with van der Waals surface area (Å²) < 4.78 is 30.0. The number of hydrogen-bond acceptors (Lipinski definition) is 4. The molecule has 5 rings (SSSR count). The lowest BCUT2D eigenvalue weighted by molar-refractivity contribution is 0.187. The molecule has 1 aromatic carbocycles. The smallest absolute Gasteiger partial charge is 0.252 e. The fourth-order valence-corrected chi connectivity index (χ4v) is 7.27. The SMILES string of the molecule is O=c1ccc(-c2ccccc2)c2n1CC1CC2CN(S(=O)(=O)c2cccs2)C1. The van der Waals surface area contributed by atoms with Crippen molar-refractivity contribution in [2.45, 2.75) is 23.1 Å². The lowest BCUT2D eigenvalue weighted by atomic mass is 9.81. The number of piperidine rings is 1. The quantitative estimate of drug-likeness (QED) is 0.663. The monoisotopic (exact) mass is 412 g/mol. The molecule has 3 aromatic rings. The fraction of sp³-hybridized carbons (Fsp3) is 0.286. The lowest BCUT2D eigenvalue weighted by Gasteiger charge is -2.42. The maximum Gasteiger partial charge on any atom is 0.252 e. The summed E-state index contributed by atoms with van der Waals surface area (Å²) in [6, 6.07) is 17.0. The second-order valence-corrected chi connectivity index (χ2v) is 10.6. The Morgan fingerprint density at radius 1 is 0.929 bits per heavy atom. The van der Waals surface area contributed by atoms with Gasteiger partial charge in [-0.05, 0) is 35.4 Å². The van der Waals surface area contributed by atoms with Crippen LogP contribution in [0.4, 0.5) is 0 Å². The van der Waals surface area contributed by atoms with Crippen molar-refractivity contribution in [3.05, 3.63) is 76.0 Å². The molecule has 28 heavy (non-hydrogen) atoms. The number of sulfonamides is 1. The van der Waals surface area contributed by atoms with Crippen LogP contribution >= 0.6 is 11.3 Å². The minimum atomic E-state index is -3.49. The first-order valence-electron chi connectivity index (χ1n) is 9.37. The summed E-state index contributed by atoms with van der Waals surface area (Å²) in [7, 11) is -3.49. The molecule has 0 amide bonds. The normalized spacial score (nSPS) is 22.0. The molecule has 4 heterocycles. The zero-order valence-corrected chi connectivity index (χ0v) is 16.8. The zero-order valence-electron chi connectivity index (χ0n) is 15.2. The summed E-state index contributed by atoms with van der Waals surface area (Å²) in [5, 5.41) is 1.79. The van der Waals surface area contributed by atoms with E-state index >= 15 is 0 Å². The van der Waals surface area contributed by atoms with Crippen molar-refractivity contribution in [3.8, 4) is 11.1 Å². The molecule has 0 aliphatic carbocycles. The zero-order chi connectivity index (χ0) is 19.3. The highest BCUT2D eigenvalue weighted by atomic mass is 32.2. The first-order valence-corrected chi connectivity index (χ1v) is 11.7. The number of benzene rings is 1. The maximum absolute atomic E-state index is 13.1. The molecular weight excluding hydrogens is 392 g/mol. The van der Waals surface area contributed by atoms with Gasteiger partial charge in [0.1, 0.15) is 4.21 Å². The van der Waals surface area contributed by atoms with Crippen molar-refractivity contribution < 1.29 is 8.42 Å². The van der Waals surface area contributed by atoms with Crippen LogP contribution in [0, 0.1) is 5.92 Å². The Kier molecular flexibility index (Phi) is 4.26. The third-order valence-electron chi connectivity index (χ3n) is 5.73. The number of aromatic nitrogens is 1. The number of hydrogen-bond donors (Lipinski definition) is 0. The summed E-state index contributed by atoms with van der Waals surface area (Å²) in [5.41, 5.74) is 3.06. The molecule has 2 unspecified atom stereocenters. The minimum Gasteiger partial charge on any atom is -0.311 e. The molecule has 2 bridgehead atoms. The Hall–Kier alpha value is -2.22. The van der Waals surface area contributed by atoms with Gasteiger partial charge < -0.3 is 4.57 Å². The van der Waals surface area contributed by atoms with E-state index in [-0.39, 0.29) is 17.4 Å². The summed E-state index contributed by atoms with van der Waals surface area (Å²) in [6.07, 6.45) is 0.916. The van der Waals surface area contributed by atoms with E-state index in [1.54, 1.807) is 27.9 Å². The van der Waals surface area contributed by atoms with Crippen LogP contribution in [-0.2, 0) is 16.6 Å². The third kappa shape index (κ3) is 2.85. The Morgan fingerprint density at radius 2 is 1.75 bits per heavy atom. The molecule has 2 aliphatic rings. The molecule has 2 aliphatic heterocycles. The average molecular weight is 413 g/mol. The van der Waals surface area contributed by atoms with Gasteiger partial charge in [-0.2, -0.15) is 4.31 Å². The second-order valence-electron chi connectivity index (χ2n) is 7.50. The van der Waals surface area contributed by atoms with Crippen LogP contribution in [0.1, 0.15) is 18.0 Å². The van der Waals surface area contributed by atoms with E-state index in [0.717, 1.165) is 23.2 Å². The van der Waals surface area contributed by atoms with E-state index in [0.29, 0.717) is 23.8 Å². The van der Waals surface area contributed by atoms with Gasteiger partial charge in [0, 0.05) is 42.9 Å². The highest BCUT2D eigenvalue weighted by Crippen LogP contribution is 2.41. The number of nitrogens with zero attached hydrogens (tertiary/aromatic N) is 2. The van der Waals surface area contributed by atoms with Gasteiger partial charge in [0.05, 0.1) is 0 Å². The van der Waals surface area contributed by atoms with Gasteiger partial charge in [-0.3, -0.25) is 4.79 Å². The molecule has 0 saturated carbocycles. The van der Waals surface area contributed by atoms with Gasteiger partial charge in [0.2, 0.25) is 0 Å². The van der Waals surface area contributed by atoms with Crippen molar-refractivity contribution in [1.82, 2.24) is 8.87 Å². The fourth-order valence-electron chi connectivity index (χ4n) is 4.57. The van der Waals surface area contributed by atoms with E-state index in [2.05, 4.69) is 0 Å². The molecule has 1 saturated heterocycles. The molecule has 144 valence electrons. The average Bonchev–Trinajstić information content (AvgIpc) is 3.25. The van der Waals surface area contributed by atoms with Gasteiger partial charge in [0.25, 0.3) is 15.6 Å². The van der Waals surface area contributed by atoms with Crippen molar-refractivity contribution in [2.75, 3.05) is 13.1 Å². The third-order valence-corrected chi connectivity index (χ3v) is 8.94.